The molecule has 3 aromatic rings. The smallest absolute Gasteiger partial charge is 0.390 e. The molecule has 3 rings (SSSR count). The van der Waals surface area contributed by atoms with Crippen LogP contribution in [-0.2, 0) is 12.8 Å². The highest BCUT2D eigenvalue weighted by Crippen LogP contribution is 2.35. The summed E-state index contributed by atoms with van der Waals surface area (Å²) in [4.78, 5) is 21.1. The standard InChI is InChI=1S/C19H21F4N5O2/c1-9(2)15(11-6-5-10(7-12(11)20)19(21,22)23)28-16-14(13(8-29)26-28)17(30)25-18(24-16)27(3)4/h5-7,9,15,29H,8H2,1-4H3,(H,24,25,30)/t15-/m1/s1. The molecule has 0 unspecified atom stereocenters. The second-order valence-electron chi connectivity index (χ2n) is 7.45. The van der Waals surface area contributed by atoms with Gasteiger partial charge in [0.15, 0.2) is 5.65 Å². The molecule has 0 aliphatic heterocycles. The molecule has 0 bridgehead atoms. The molecule has 2 heterocycles. The van der Waals surface area contributed by atoms with Gasteiger partial charge in [0.2, 0.25) is 5.95 Å². The lowest BCUT2D eigenvalue weighted by molar-refractivity contribution is -0.137. The van der Waals surface area contributed by atoms with Crippen LogP contribution in [0.4, 0.5) is 23.5 Å². The molecule has 2 aromatic heterocycles. The van der Waals surface area contributed by atoms with Crippen LogP contribution in [0.25, 0.3) is 11.0 Å². The second-order valence-corrected chi connectivity index (χ2v) is 7.45. The van der Waals surface area contributed by atoms with Gasteiger partial charge in [0.05, 0.1) is 18.2 Å². The maximum atomic E-state index is 14.8. The Morgan fingerprint density at radius 3 is 2.43 bits per heavy atom. The van der Waals surface area contributed by atoms with E-state index in [2.05, 4.69) is 15.1 Å². The SMILES string of the molecule is CC(C)[C@H](c1ccc(C(F)(F)F)cc1F)n1nc(CO)c2c(=O)[nH]c(N(C)C)nc21. The molecule has 7 nitrogen and oxygen atoms in total. The minimum absolute atomic E-state index is 0.0274. The third-order valence-electron chi connectivity index (χ3n) is 4.74. The maximum Gasteiger partial charge on any atom is 0.416 e. The van der Waals surface area contributed by atoms with Crippen LogP contribution in [0.3, 0.4) is 0 Å². The summed E-state index contributed by atoms with van der Waals surface area (Å²) in [6.07, 6.45) is -4.68. The van der Waals surface area contributed by atoms with E-state index in [9.17, 15) is 27.5 Å². The fraction of sp³-hybridized carbons (Fsp3) is 0.421. The van der Waals surface area contributed by atoms with E-state index in [1.807, 2.05) is 0 Å². The number of hydrogen-bond donors (Lipinski definition) is 2. The lowest BCUT2D eigenvalue weighted by atomic mass is 9.94. The monoisotopic (exact) mass is 427 g/mol. The second kappa shape index (κ2) is 7.71. The van der Waals surface area contributed by atoms with Crippen molar-refractivity contribution in [1.29, 1.82) is 0 Å². The Balaban J connectivity index is 2.29. The van der Waals surface area contributed by atoms with Crippen LogP contribution in [0.1, 0.15) is 36.7 Å². The van der Waals surface area contributed by atoms with Crippen LogP contribution >= 0.6 is 0 Å². The van der Waals surface area contributed by atoms with Crippen molar-refractivity contribution in [2.45, 2.75) is 32.7 Å². The molecule has 2 N–H and O–H groups in total. The first-order valence-electron chi connectivity index (χ1n) is 9.12. The predicted octanol–water partition coefficient (Wildman–Crippen LogP) is 3.08. The summed E-state index contributed by atoms with van der Waals surface area (Å²) in [7, 11) is 3.32. The summed E-state index contributed by atoms with van der Waals surface area (Å²) in [5.41, 5.74) is -1.52. The first-order valence-corrected chi connectivity index (χ1v) is 9.12. The van der Waals surface area contributed by atoms with Gasteiger partial charge in [-0.2, -0.15) is 23.3 Å². The number of rotatable bonds is 5. The molecule has 1 aromatic carbocycles. The van der Waals surface area contributed by atoms with Gasteiger partial charge in [-0.05, 0) is 18.1 Å². The third kappa shape index (κ3) is 3.76. The van der Waals surface area contributed by atoms with E-state index in [1.165, 1.54) is 4.68 Å². The number of aromatic amines is 1. The number of anilines is 1. The number of aliphatic hydroxyl groups is 1. The van der Waals surface area contributed by atoms with Crippen molar-refractivity contribution in [3.8, 4) is 0 Å². The largest absolute Gasteiger partial charge is 0.416 e. The third-order valence-corrected chi connectivity index (χ3v) is 4.74. The van der Waals surface area contributed by atoms with Gasteiger partial charge in [-0.1, -0.05) is 19.9 Å². The molecule has 0 amide bonds. The molecule has 0 aliphatic rings. The molecule has 11 heteroatoms. The minimum Gasteiger partial charge on any atom is -0.390 e. The number of aromatic nitrogens is 4. The summed E-state index contributed by atoms with van der Waals surface area (Å²) in [6, 6.07) is 1.45. The number of hydrogen-bond acceptors (Lipinski definition) is 5. The Morgan fingerprint density at radius 1 is 1.27 bits per heavy atom. The van der Waals surface area contributed by atoms with Crippen molar-refractivity contribution in [1.82, 2.24) is 19.7 Å². The highest BCUT2D eigenvalue weighted by molar-refractivity contribution is 5.78. The summed E-state index contributed by atoms with van der Waals surface area (Å²) in [6.45, 7) is 2.93. The number of fused-ring (bicyclic) bond motifs is 1. The normalized spacial score (nSPS) is 13.3. The lowest BCUT2D eigenvalue weighted by Gasteiger charge is -2.24. The van der Waals surface area contributed by atoms with Crippen molar-refractivity contribution in [2.75, 3.05) is 19.0 Å². The van der Waals surface area contributed by atoms with Gasteiger partial charge >= 0.3 is 6.18 Å². The Kier molecular flexibility index (Phi) is 5.59. The molecule has 30 heavy (non-hydrogen) atoms. The van der Waals surface area contributed by atoms with Crippen molar-refractivity contribution < 1.29 is 22.7 Å². The first-order chi connectivity index (χ1) is 14.0. The van der Waals surface area contributed by atoms with E-state index < -0.39 is 35.8 Å². The van der Waals surface area contributed by atoms with Crippen LogP contribution in [-0.4, -0.2) is 39.0 Å². The summed E-state index contributed by atoms with van der Waals surface area (Å²) < 4.78 is 54.9. The number of benzene rings is 1. The Hall–Kier alpha value is -2.95. The zero-order valence-corrected chi connectivity index (χ0v) is 16.8. The minimum atomic E-state index is -4.68. The molecule has 0 aliphatic carbocycles. The number of nitrogens with one attached hydrogen (secondary N) is 1. The van der Waals surface area contributed by atoms with Crippen LogP contribution in [0, 0.1) is 11.7 Å². The Morgan fingerprint density at radius 2 is 1.93 bits per heavy atom. The summed E-state index contributed by atoms with van der Waals surface area (Å²) in [5.74, 6) is -1.15. The van der Waals surface area contributed by atoms with Gasteiger partial charge in [-0.15, -0.1) is 0 Å². The zero-order valence-electron chi connectivity index (χ0n) is 16.8. The highest BCUT2D eigenvalue weighted by atomic mass is 19.4. The average molecular weight is 427 g/mol. The van der Waals surface area contributed by atoms with E-state index in [4.69, 9.17) is 0 Å². The number of aliphatic hydroxyl groups excluding tert-OH is 1. The predicted molar refractivity (Wildman–Crippen MR) is 103 cm³/mol. The van der Waals surface area contributed by atoms with Crippen LogP contribution in [0.5, 0.6) is 0 Å². The van der Waals surface area contributed by atoms with Crippen LogP contribution < -0.4 is 10.5 Å². The van der Waals surface area contributed by atoms with Crippen molar-refractivity contribution in [3.63, 3.8) is 0 Å². The lowest BCUT2D eigenvalue weighted by Crippen LogP contribution is -2.22. The van der Waals surface area contributed by atoms with Crippen molar-refractivity contribution in [3.05, 3.63) is 51.2 Å². The quantitative estimate of drug-likeness (QED) is 0.611. The molecule has 0 radical (unpaired) electrons. The Labute approximate surface area is 169 Å². The van der Waals surface area contributed by atoms with E-state index in [1.54, 1.807) is 32.8 Å². The summed E-state index contributed by atoms with van der Waals surface area (Å²) >= 11 is 0. The first kappa shape index (κ1) is 21.8. The molecule has 0 fully saturated rings. The van der Waals surface area contributed by atoms with Crippen LogP contribution in [0.2, 0.25) is 0 Å². The number of alkyl halides is 3. The van der Waals surface area contributed by atoms with Gasteiger partial charge in [0.1, 0.15) is 16.9 Å². The molecule has 0 saturated heterocycles. The van der Waals surface area contributed by atoms with Gasteiger partial charge in [-0.25, -0.2) is 9.07 Å². The van der Waals surface area contributed by atoms with Gasteiger partial charge < -0.3 is 10.0 Å². The van der Waals surface area contributed by atoms with E-state index in [0.717, 1.165) is 12.1 Å². The van der Waals surface area contributed by atoms with Crippen LogP contribution in [0.15, 0.2) is 23.0 Å². The Bertz CT molecular complexity index is 1130. The van der Waals surface area contributed by atoms with Gasteiger partial charge in [0.25, 0.3) is 5.56 Å². The molecule has 1 atom stereocenters. The number of nitrogens with zero attached hydrogens (tertiary/aromatic N) is 4. The molecular weight excluding hydrogens is 406 g/mol. The fourth-order valence-electron chi connectivity index (χ4n) is 3.34. The maximum absolute atomic E-state index is 14.8. The number of H-pyrrole nitrogens is 1. The average Bonchev–Trinajstić information content (AvgIpc) is 3.01. The summed E-state index contributed by atoms with van der Waals surface area (Å²) in [5, 5.41) is 14.0. The number of halogens is 4. The van der Waals surface area contributed by atoms with Gasteiger partial charge in [-0.3, -0.25) is 9.78 Å². The van der Waals surface area contributed by atoms with E-state index in [0.29, 0.717) is 6.07 Å². The van der Waals surface area contributed by atoms with Crippen molar-refractivity contribution in [2.24, 2.45) is 5.92 Å². The molecule has 162 valence electrons. The zero-order chi connectivity index (χ0) is 22.4. The molecule has 0 saturated carbocycles. The molecular formula is C19H21F4N5O2. The molecule has 0 spiro atoms. The fourth-order valence-corrected chi connectivity index (χ4v) is 3.34. The highest BCUT2D eigenvalue weighted by Gasteiger charge is 2.33. The van der Waals surface area contributed by atoms with E-state index >= 15 is 0 Å². The van der Waals surface area contributed by atoms with Crippen molar-refractivity contribution >= 4 is 17.0 Å². The topological polar surface area (TPSA) is 87.0 Å². The van der Waals surface area contributed by atoms with Gasteiger partial charge in [0, 0.05) is 19.7 Å². The van der Waals surface area contributed by atoms with E-state index in [-0.39, 0.29) is 34.2 Å².